The molecule has 0 amide bonds. The van der Waals surface area contributed by atoms with Gasteiger partial charge in [-0.05, 0) is 43.0 Å². The normalized spacial score (nSPS) is 11.4. The second kappa shape index (κ2) is 7.42. The predicted octanol–water partition coefficient (Wildman–Crippen LogP) is 3.96. The highest BCUT2D eigenvalue weighted by Crippen LogP contribution is 2.31. The summed E-state index contributed by atoms with van der Waals surface area (Å²) < 4.78 is 37.6. The first kappa shape index (κ1) is 16.7. The molecule has 2 N–H and O–H groups in total. The lowest BCUT2D eigenvalue weighted by molar-refractivity contribution is -0.137. The monoisotopic (exact) mass is 307 g/mol. The molecule has 0 heterocycles. The van der Waals surface area contributed by atoms with Gasteiger partial charge in [0.15, 0.2) is 0 Å². The standard InChI is InChI=1S/C13H16F3NO2S/c1-20-7-3-2-6-17-11-5-4-9(13(14,15)16)8-10(11)12(18)19/h4-5,8,17H,2-3,6-7H2,1H3,(H,18,19). The summed E-state index contributed by atoms with van der Waals surface area (Å²) in [6.45, 7) is 0.534. The Morgan fingerprint density at radius 2 is 2.05 bits per heavy atom. The van der Waals surface area contributed by atoms with E-state index in [0.717, 1.165) is 24.7 Å². The topological polar surface area (TPSA) is 49.3 Å². The van der Waals surface area contributed by atoms with E-state index in [-0.39, 0.29) is 11.3 Å². The summed E-state index contributed by atoms with van der Waals surface area (Å²) in [5.41, 5.74) is -1.10. The second-order valence-corrected chi connectivity index (χ2v) is 5.18. The molecule has 0 unspecified atom stereocenters. The molecule has 0 saturated carbocycles. The Balaban J connectivity index is 2.78. The van der Waals surface area contributed by atoms with Crippen LogP contribution in [0.1, 0.15) is 28.8 Å². The van der Waals surface area contributed by atoms with Crippen molar-refractivity contribution >= 4 is 23.4 Å². The van der Waals surface area contributed by atoms with E-state index in [0.29, 0.717) is 12.6 Å². The van der Waals surface area contributed by atoms with Gasteiger partial charge in [-0.25, -0.2) is 4.79 Å². The Morgan fingerprint density at radius 3 is 2.60 bits per heavy atom. The number of anilines is 1. The van der Waals surface area contributed by atoms with Gasteiger partial charge in [0.1, 0.15) is 0 Å². The molecule has 1 aromatic carbocycles. The molecule has 3 nitrogen and oxygen atoms in total. The van der Waals surface area contributed by atoms with Crippen molar-refractivity contribution in [1.29, 1.82) is 0 Å². The Hall–Kier alpha value is -1.37. The lowest BCUT2D eigenvalue weighted by Crippen LogP contribution is -2.11. The molecule has 0 radical (unpaired) electrons. The minimum Gasteiger partial charge on any atom is -0.478 e. The third kappa shape index (κ3) is 4.96. The number of hydrogen-bond donors (Lipinski definition) is 2. The first-order chi connectivity index (χ1) is 9.36. The summed E-state index contributed by atoms with van der Waals surface area (Å²) >= 11 is 1.71. The van der Waals surface area contributed by atoms with E-state index in [4.69, 9.17) is 5.11 Å². The highest BCUT2D eigenvalue weighted by atomic mass is 32.2. The van der Waals surface area contributed by atoms with Crippen LogP contribution in [0.25, 0.3) is 0 Å². The molecular weight excluding hydrogens is 291 g/mol. The van der Waals surface area contributed by atoms with Crippen LogP contribution in [0.2, 0.25) is 0 Å². The molecule has 0 aromatic heterocycles. The van der Waals surface area contributed by atoms with Gasteiger partial charge >= 0.3 is 12.1 Å². The number of rotatable bonds is 7. The number of alkyl halides is 3. The maximum Gasteiger partial charge on any atom is 0.416 e. The summed E-state index contributed by atoms with van der Waals surface area (Å²) in [4.78, 5) is 11.0. The Kier molecular flexibility index (Phi) is 6.19. The molecule has 0 saturated heterocycles. The van der Waals surface area contributed by atoms with Gasteiger partial charge < -0.3 is 10.4 Å². The van der Waals surface area contributed by atoms with Gasteiger partial charge in [-0.15, -0.1) is 0 Å². The number of aromatic carboxylic acids is 1. The van der Waals surface area contributed by atoms with Crippen LogP contribution in [0.4, 0.5) is 18.9 Å². The summed E-state index contributed by atoms with van der Waals surface area (Å²) in [5, 5.41) is 11.9. The summed E-state index contributed by atoms with van der Waals surface area (Å²) in [6, 6.07) is 2.71. The fourth-order valence-corrected chi connectivity index (χ4v) is 2.14. The van der Waals surface area contributed by atoms with Crippen LogP contribution in [0, 0.1) is 0 Å². The van der Waals surface area contributed by atoms with E-state index >= 15 is 0 Å². The quantitative estimate of drug-likeness (QED) is 0.749. The third-order valence-corrected chi connectivity index (χ3v) is 3.36. The van der Waals surface area contributed by atoms with E-state index in [1.165, 1.54) is 6.07 Å². The molecule has 20 heavy (non-hydrogen) atoms. The van der Waals surface area contributed by atoms with Crippen LogP contribution in [-0.4, -0.2) is 29.6 Å². The summed E-state index contributed by atoms with van der Waals surface area (Å²) in [6.07, 6.45) is -0.745. The van der Waals surface area contributed by atoms with E-state index in [9.17, 15) is 18.0 Å². The lowest BCUT2D eigenvalue weighted by Gasteiger charge is -2.12. The van der Waals surface area contributed by atoms with Crippen molar-refractivity contribution in [2.24, 2.45) is 0 Å². The summed E-state index contributed by atoms with van der Waals surface area (Å²) in [7, 11) is 0. The average molecular weight is 307 g/mol. The zero-order chi connectivity index (χ0) is 15.2. The number of thioether (sulfide) groups is 1. The lowest BCUT2D eigenvalue weighted by atomic mass is 10.1. The number of unbranched alkanes of at least 4 members (excludes halogenated alkanes) is 1. The number of carboxylic acids is 1. The van der Waals surface area contributed by atoms with Crippen molar-refractivity contribution in [2.45, 2.75) is 19.0 Å². The number of carbonyl (C=O) groups is 1. The van der Waals surface area contributed by atoms with Crippen LogP contribution < -0.4 is 5.32 Å². The Labute approximate surface area is 119 Å². The van der Waals surface area contributed by atoms with Gasteiger partial charge in [0.25, 0.3) is 0 Å². The number of nitrogens with one attached hydrogen (secondary N) is 1. The van der Waals surface area contributed by atoms with E-state index in [1.54, 1.807) is 11.8 Å². The van der Waals surface area contributed by atoms with Crippen LogP contribution in [0.15, 0.2) is 18.2 Å². The molecule has 7 heteroatoms. The fraction of sp³-hybridized carbons (Fsp3) is 0.462. The van der Waals surface area contributed by atoms with Gasteiger partial charge in [-0.3, -0.25) is 0 Å². The highest BCUT2D eigenvalue weighted by Gasteiger charge is 2.31. The van der Waals surface area contributed by atoms with Crippen molar-refractivity contribution in [3.05, 3.63) is 29.3 Å². The Morgan fingerprint density at radius 1 is 1.35 bits per heavy atom. The molecule has 0 aliphatic carbocycles. The molecule has 0 spiro atoms. The molecule has 0 atom stereocenters. The minimum atomic E-state index is -4.54. The fourth-order valence-electron chi connectivity index (χ4n) is 1.65. The smallest absolute Gasteiger partial charge is 0.416 e. The zero-order valence-corrected chi connectivity index (χ0v) is 11.8. The highest BCUT2D eigenvalue weighted by molar-refractivity contribution is 7.98. The zero-order valence-electron chi connectivity index (χ0n) is 11.0. The molecule has 0 aliphatic heterocycles. The molecule has 0 aliphatic rings. The molecular formula is C13H16F3NO2S. The van der Waals surface area contributed by atoms with Crippen molar-refractivity contribution in [1.82, 2.24) is 0 Å². The van der Waals surface area contributed by atoms with Crippen LogP contribution in [0.5, 0.6) is 0 Å². The first-order valence-electron chi connectivity index (χ1n) is 6.03. The third-order valence-electron chi connectivity index (χ3n) is 2.67. The average Bonchev–Trinajstić information content (AvgIpc) is 2.37. The van der Waals surface area contributed by atoms with Crippen molar-refractivity contribution in [2.75, 3.05) is 23.9 Å². The number of hydrogen-bond acceptors (Lipinski definition) is 3. The second-order valence-electron chi connectivity index (χ2n) is 4.19. The van der Waals surface area contributed by atoms with Crippen LogP contribution in [-0.2, 0) is 6.18 Å². The van der Waals surface area contributed by atoms with Gasteiger partial charge in [-0.1, -0.05) is 0 Å². The van der Waals surface area contributed by atoms with Gasteiger partial charge in [0.2, 0.25) is 0 Å². The minimum absolute atomic E-state index is 0.217. The van der Waals surface area contributed by atoms with Crippen LogP contribution >= 0.6 is 11.8 Å². The van der Waals surface area contributed by atoms with Crippen molar-refractivity contribution in [3.8, 4) is 0 Å². The number of carboxylic acid groups (broad SMARTS) is 1. The molecule has 1 rings (SSSR count). The van der Waals surface area contributed by atoms with Crippen LogP contribution in [0.3, 0.4) is 0 Å². The van der Waals surface area contributed by atoms with E-state index in [1.807, 2.05) is 6.26 Å². The van der Waals surface area contributed by atoms with Gasteiger partial charge in [0, 0.05) is 12.2 Å². The molecule has 0 bridgehead atoms. The van der Waals surface area contributed by atoms with Gasteiger partial charge in [-0.2, -0.15) is 24.9 Å². The number of halogens is 3. The first-order valence-corrected chi connectivity index (χ1v) is 7.43. The maximum atomic E-state index is 12.5. The van der Waals surface area contributed by atoms with E-state index in [2.05, 4.69) is 5.32 Å². The summed E-state index contributed by atoms with van der Waals surface area (Å²) in [5.74, 6) is -0.372. The van der Waals surface area contributed by atoms with Crippen molar-refractivity contribution < 1.29 is 23.1 Å². The largest absolute Gasteiger partial charge is 0.478 e. The maximum absolute atomic E-state index is 12.5. The molecule has 112 valence electrons. The van der Waals surface area contributed by atoms with E-state index < -0.39 is 17.7 Å². The Bertz CT molecular complexity index is 463. The molecule has 0 fully saturated rings. The molecule has 1 aromatic rings. The predicted molar refractivity (Wildman–Crippen MR) is 74.5 cm³/mol. The number of benzene rings is 1. The van der Waals surface area contributed by atoms with Crippen molar-refractivity contribution in [3.63, 3.8) is 0 Å². The van der Waals surface area contributed by atoms with Gasteiger partial charge in [0.05, 0.1) is 11.1 Å². The SMILES string of the molecule is CSCCCCNc1ccc(C(F)(F)F)cc1C(=O)O.